The van der Waals surface area contributed by atoms with Gasteiger partial charge in [-0.15, -0.1) is 12.3 Å². The zero-order chi connectivity index (χ0) is 32.8. The molecule has 0 aromatic heterocycles. The molecule has 0 saturated carbocycles. The predicted molar refractivity (Wildman–Crippen MR) is 172 cm³/mol. The molecule has 3 rings (SSSR count). The van der Waals surface area contributed by atoms with Crippen LogP contribution in [-0.4, -0.2) is 36.3 Å². The highest BCUT2D eigenvalue weighted by molar-refractivity contribution is 7.55. The van der Waals surface area contributed by atoms with Gasteiger partial charge in [0.2, 0.25) is 11.8 Å². The van der Waals surface area contributed by atoms with Gasteiger partial charge in [0.1, 0.15) is 11.5 Å². The van der Waals surface area contributed by atoms with Crippen LogP contribution in [0.2, 0.25) is 0 Å². The van der Waals surface area contributed by atoms with Crippen molar-refractivity contribution in [1.29, 1.82) is 0 Å². The Morgan fingerprint density at radius 1 is 0.867 bits per heavy atom. The minimum absolute atomic E-state index is 0.0210. The maximum absolute atomic E-state index is 14.8. The molecule has 7 N–H and O–H groups in total. The van der Waals surface area contributed by atoms with E-state index in [1.165, 1.54) is 38.1 Å². The second-order valence-electron chi connectivity index (χ2n) is 9.64. The molecule has 0 heterocycles. The largest absolute Gasteiger partial charge is 0.453 e. The third kappa shape index (κ3) is 11.6. The highest BCUT2D eigenvalue weighted by atomic mass is 31.2. The summed E-state index contributed by atoms with van der Waals surface area (Å²) in [4.78, 5) is 39.8. The Balaban J connectivity index is 2.00. The van der Waals surface area contributed by atoms with E-state index in [0.29, 0.717) is 35.5 Å². The molecule has 0 radical (unpaired) electrons. The van der Waals surface area contributed by atoms with Crippen LogP contribution in [0.1, 0.15) is 32.3 Å². The molecule has 3 aromatic rings. The van der Waals surface area contributed by atoms with Gasteiger partial charge in [0, 0.05) is 38.1 Å². The molecule has 0 spiro atoms. The molecule has 0 aliphatic carbocycles. The smallest absolute Gasteiger partial charge is 0.450 e. The minimum atomic E-state index is -4.34. The van der Waals surface area contributed by atoms with E-state index in [1.54, 1.807) is 48.5 Å². The van der Waals surface area contributed by atoms with Crippen molar-refractivity contribution in [2.45, 2.75) is 38.9 Å². The number of nitrogens with one attached hydrogen (secondary N) is 3. The quantitative estimate of drug-likeness (QED) is 0.0540. The predicted octanol–water partition coefficient (Wildman–Crippen LogP) is 4.87. The molecule has 13 nitrogen and oxygen atoms in total. The molecule has 0 fully saturated rings. The van der Waals surface area contributed by atoms with Crippen LogP contribution in [0, 0.1) is 12.3 Å². The second kappa shape index (κ2) is 16.4. The van der Waals surface area contributed by atoms with Crippen LogP contribution in [0.3, 0.4) is 0 Å². The number of terminal acetylenes is 1. The number of nitrogens with two attached hydrogens (primary N) is 2. The number of hydrogen-bond donors (Lipinski definition) is 5. The molecule has 1 atom stereocenters. The lowest BCUT2D eigenvalue weighted by Gasteiger charge is -2.28. The average molecular weight is 635 g/mol. The lowest BCUT2D eigenvalue weighted by atomic mass is 10.1. The maximum Gasteiger partial charge on any atom is 0.453 e. The fourth-order valence-corrected chi connectivity index (χ4v) is 5.70. The van der Waals surface area contributed by atoms with E-state index >= 15 is 0 Å². The van der Waals surface area contributed by atoms with E-state index in [1.807, 2.05) is 0 Å². The van der Waals surface area contributed by atoms with Gasteiger partial charge in [0.25, 0.3) is 0 Å². The molecule has 236 valence electrons. The zero-order valence-electron chi connectivity index (χ0n) is 24.8. The lowest BCUT2D eigenvalue weighted by molar-refractivity contribution is -0.115. The van der Waals surface area contributed by atoms with Gasteiger partial charge < -0.3 is 41.2 Å². The van der Waals surface area contributed by atoms with Crippen molar-refractivity contribution in [3.05, 3.63) is 78.4 Å². The summed E-state index contributed by atoms with van der Waals surface area (Å²) in [6.07, 6.45) is 5.25. The van der Waals surface area contributed by atoms with Gasteiger partial charge in [-0.1, -0.05) is 12.1 Å². The number of anilines is 2. The van der Waals surface area contributed by atoms with Crippen molar-refractivity contribution >= 4 is 48.5 Å². The molecule has 0 aliphatic heterocycles. The van der Waals surface area contributed by atoms with Crippen molar-refractivity contribution < 1.29 is 32.7 Å². The average Bonchev–Trinajstić information content (AvgIpc) is 2.97. The summed E-state index contributed by atoms with van der Waals surface area (Å²) in [5.74, 6) is 0.831. The highest BCUT2D eigenvalue weighted by Crippen LogP contribution is 2.53. The van der Waals surface area contributed by atoms with Crippen LogP contribution >= 0.6 is 7.60 Å². The lowest BCUT2D eigenvalue weighted by Crippen LogP contribution is -2.39. The molecule has 0 aliphatic rings. The first kappa shape index (κ1) is 34.0. The molecule has 1 unspecified atom stereocenters. The van der Waals surface area contributed by atoms with Gasteiger partial charge in [0.15, 0.2) is 11.7 Å². The first-order valence-corrected chi connectivity index (χ1v) is 15.4. The van der Waals surface area contributed by atoms with Crippen molar-refractivity contribution in [2.24, 2.45) is 16.5 Å². The third-order valence-corrected chi connectivity index (χ3v) is 7.81. The third-order valence-electron chi connectivity index (χ3n) is 5.80. The highest BCUT2D eigenvalue weighted by Gasteiger charge is 2.41. The molecular formula is C31H35N6O7P. The Hall–Kier alpha value is -5.47. The molecule has 14 heteroatoms. The fourth-order valence-electron chi connectivity index (χ4n) is 3.88. The summed E-state index contributed by atoms with van der Waals surface area (Å²) in [7, 11) is -4.34. The van der Waals surface area contributed by atoms with Crippen molar-refractivity contribution in [3.63, 3.8) is 0 Å². The SMILES string of the molecule is C#CCCCOC(=O)NC(Cc1ccc(N=C(N)N)cc1)P(=O)(Oc1ccc(NC(C)=O)cc1)Oc1ccc(NC(C)=O)cc1. The van der Waals surface area contributed by atoms with Crippen LogP contribution in [-0.2, 0) is 25.3 Å². The summed E-state index contributed by atoms with van der Waals surface area (Å²) in [5.41, 5.74) is 13.1. The molecular weight excluding hydrogens is 599 g/mol. The minimum Gasteiger partial charge on any atom is -0.450 e. The summed E-state index contributed by atoms with van der Waals surface area (Å²) < 4.78 is 32.1. The van der Waals surface area contributed by atoms with Crippen LogP contribution in [0.4, 0.5) is 21.9 Å². The maximum atomic E-state index is 14.8. The Bertz CT molecular complexity index is 1520. The zero-order valence-corrected chi connectivity index (χ0v) is 25.7. The number of benzene rings is 3. The standard InChI is InChI=1S/C31H35N6O7P/c1-4-5-6-19-42-31(40)37-29(20-23-7-9-26(10-8-23)36-30(32)33)45(41,43-27-15-11-24(12-16-27)34-21(2)38)44-28-17-13-25(14-18-28)35-22(3)39/h1,7-18,29H,5-6,19-20H2,2-3H3,(H,34,38)(H,35,39)(H,37,40)(H4,32,33,36). The van der Waals surface area contributed by atoms with Gasteiger partial charge in [-0.3, -0.25) is 9.59 Å². The van der Waals surface area contributed by atoms with Gasteiger partial charge in [-0.05, 0) is 72.6 Å². The summed E-state index contributed by atoms with van der Waals surface area (Å²) in [6.45, 7) is 2.78. The number of carbonyl (C=O) groups excluding carboxylic acids is 3. The fraction of sp³-hybridized carbons (Fsp3) is 0.226. The first-order chi connectivity index (χ1) is 21.5. The molecule has 0 saturated heterocycles. The number of ether oxygens (including phenoxy) is 1. The topological polar surface area (TPSA) is 196 Å². The van der Waals surface area contributed by atoms with E-state index in [9.17, 15) is 18.9 Å². The van der Waals surface area contributed by atoms with Crippen LogP contribution in [0.25, 0.3) is 0 Å². The number of hydrogen-bond acceptors (Lipinski definition) is 8. The van der Waals surface area contributed by atoms with Crippen molar-refractivity contribution in [1.82, 2.24) is 5.32 Å². The molecule has 3 amide bonds. The number of rotatable bonds is 14. The van der Waals surface area contributed by atoms with Crippen LogP contribution in [0.15, 0.2) is 77.8 Å². The van der Waals surface area contributed by atoms with Crippen molar-refractivity contribution in [3.8, 4) is 23.8 Å². The van der Waals surface area contributed by atoms with E-state index in [0.717, 1.165) is 0 Å². The van der Waals surface area contributed by atoms with Gasteiger partial charge in [-0.25, -0.2) is 14.4 Å². The van der Waals surface area contributed by atoms with Crippen LogP contribution < -0.4 is 36.5 Å². The Kier molecular flexibility index (Phi) is 12.4. The monoisotopic (exact) mass is 634 g/mol. The normalized spacial score (nSPS) is 11.2. The molecule has 0 bridgehead atoms. The van der Waals surface area contributed by atoms with Gasteiger partial charge >= 0.3 is 13.7 Å². The first-order valence-electron chi connectivity index (χ1n) is 13.8. The molecule has 45 heavy (non-hydrogen) atoms. The van der Waals surface area contributed by atoms with E-state index in [2.05, 4.69) is 26.9 Å². The summed E-state index contributed by atoms with van der Waals surface area (Å²) in [6, 6.07) is 19.0. The van der Waals surface area contributed by atoms with Gasteiger partial charge in [0.05, 0.1) is 12.3 Å². The Morgan fingerprint density at radius 2 is 1.38 bits per heavy atom. The second-order valence-corrected chi connectivity index (χ2v) is 11.7. The number of amides is 3. The van der Waals surface area contributed by atoms with E-state index in [-0.39, 0.29) is 42.3 Å². The number of guanidine groups is 1. The van der Waals surface area contributed by atoms with E-state index < -0.39 is 19.5 Å². The van der Waals surface area contributed by atoms with Crippen molar-refractivity contribution in [2.75, 3.05) is 17.2 Å². The van der Waals surface area contributed by atoms with E-state index in [4.69, 9.17) is 31.7 Å². The summed E-state index contributed by atoms with van der Waals surface area (Å²) >= 11 is 0. The number of unbranched alkanes of at least 4 members (excludes halogenated alkanes) is 1. The molecule has 3 aromatic carbocycles. The number of nitrogens with zero attached hydrogens (tertiary/aromatic N) is 1. The Morgan fingerprint density at radius 3 is 1.82 bits per heavy atom. The Labute approximate surface area is 261 Å². The van der Waals surface area contributed by atoms with Gasteiger partial charge in [-0.2, -0.15) is 0 Å². The van der Waals surface area contributed by atoms with Crippen LogP contribution in [0.5, 0.6) is 11.5 Å². The number of alkyl carbamates (subject to hydrolysis) is 1. The summed E-state index contributed by atoms with van der Waals surface area (Å²) in [5, 5.41) is 7.93. The number of aliphatic imine (C=N–C) groups is 1. The number of carbonyl (C=O) groups is 3.